The van der Waals surface area contributed by atoms with Gasteiger partial charge in [0, 0.05) is 22.2 Å². The summed E-state index contributed by atoms with van der Waals surface area (Å²) in [4.78, 5) is 14.1. The maximum atomic E-state index is 12.3. The summed E-state index contributed by atoms with van der Waals surface area (Å²) in [5.41, 5.74) is 2.06. The highest BCUT2D eigenvalue weighted by Crippen LogP contribution is 2.26. The lowest BCUT2D eigenvalue weighted by atomic mass is 9.98. The normalized spacial score (nSPS) is 23.3. The van der Waals surface area contributed by atoms with Crippen molar-refractivity contribution >= 4 is 27.5 Å². The highest BCUT2D eigenvalue weighted by Gasteiger charge is 2.36. The molecule has 18 heavy (non-hydrogen) atoms. The molecule has 0 radical (unpaired) electrons. The van der Waals surface area contributed by atoms with Gasteiger partial charge in [0.1, 0.15) is 0 Å². The molecular formula is C14H19BrN2O. The van der Waals surface area contributed by atoms with Gasteiger partial charge in [0.2, 0.25) is 5.91 Å². The van der Waals surface area contributed by atoms with E-state index in [1.165, 1.54) is 0 Å². The Labute approximate surface area is 117 Å². The largest absolute Gasteiger partial charge is 0.309 e. The van der Waals surface area contributed by atoms with Crippen molar-refractivity contribution in [3.63, 3.8) is 0 Å². The Morgan fingerprint density at radius 3 is 2.72 bits per heavy atom. The van der Waals surface area contributed by atoms with Gasteiger partial charge < -0.3 is 4.90 Å². The Hall–Kier alpha value is -0.870. The Bertz CT molecular complexity index is 485. The first-order chi connectivity index (χ1) is 8.30. The summed E-state index contributed by atoms with van der Waals surface area (Å²) in [6.45, 7) is 8.89. The molecule has 1 aliphatic heterocycles. The molecule has 1 aromatic rings. The molecular weight excluding hydrogens is 292 g/mol. The average Bonchev–Trinajstić information content (AvgIpc) is 2.27. The molecule has 1 unspecified atom stereocenters. The van der Waals surface area contributed by atoms with E-state index in [0.29, 0.717) is 6.54 Å². The van der Waals surface area contributed by atoms with Crippen LogP contribution in [-0.4, -0.2) is 24.0 Å². The summed E-state index contributed by atoms with van der Waals surface area (Å²) in [6, 6.07) is 5.90. The third kappa shape index (κ3) is 2.59. The lowest BCUT2D eigenvalue weighted by Crippen LogP contribution is -2.64. The molecule has 1 aliphatic rings. The molecule has 98 valence electrons. The smallest absolute Gasteiger partial charge is 0.243 e. The monoisotopic (exact) mass is 310 g/mol. The quantitative estimate of drug-likeness (QED) is 0.865. The Morgan fingerprint density at radius 2 is 2.11 bits per heavy atom. The molecule has 2 rings (SSSR count). The molecule has 0 aromatic heterocycles. The topological polar surface area (TPSA) is 32.3 Å². The van der Waals surface area contributed by atoms with E-state index in [4.69, 9.17) is 0 Å². The van der Waals surface area contributed by atoms with Crippen molar-refractivity contribution in [1.82, 2.24) is 5.32 Å². The van der Waals surface area contributed by atoms with Gasteiger partial charge in [-0.3, -0.25) is 10.1 Å². The van der Waals surface area contributed by atoms with Gasteiger partial charge in [0.15, 0.2) is 0 Å². The third-order valence-electron chi connectivity index (χ3n) is 3.25. The van der Waals surface area contributed by atoms with Crippen LogP contribution < -0.4 is 10.2 Å². The van der Waals surface area contributed by atoms with Crippen LogP contribution in [-0.2, 0) is 4.79 Å². The van der Waals surface area contributed by atoms with Crippen molar-refractivity contribution in [1.29, 1.82) is 0 Å². The zero-order chi connectivity index (χ0) is 13.5. The highest BCUT2D eigenvalue weighted by atomic mass is 79.9. The van der Waals surface area contributed by atoms with Gasteiger partial charge in [-0.25, -0.2) is 0 Å². The van der Waals surface area contributed by atoms with Crippen LogP contribution in [0.3, 0.4) is 0 Å². The first-order valence-corrected chi connectivity index (χ1v) is 6.95. The lowest BCUT2D eigenvalue weighted by molar-refractivity contribution is -0.122. The zero-order valence-corrected chi connectivity index (χ0v) is 12.8. The number of carbonyl (C=O) groups excluding carboxylic acids is 1. The van der Waals surface area contributed by atoms with E-state index >= 15 is 0 Å². The van der Waals surface area contributed by atoms with Crippen molar-refractivity contribution in [3.05, 3.63) is 28.2 Å². The van der Waals surface area contributed by atoms with Crippen LogP contribution in [0.2, 0.25) is 0 Å². The number of anilines is 1. The summed E-state index contributed by atoms with van der Waals surface area (Å²) < 4.78 is 1.07. The SMILES string of the molecule is Cc1cc(N2CC(C)(C)NC(C)C2=O)ccc1Br. The highest BCUT2D eigenvalue weighted by molar-refractivity contribution is 9.10. The number of carbonyl (C=O) groups is 1. The molecule has 0 saturated carbocycles. The molecule has 0 aliphatic carbocycles. The minimum Gasteiger partial charge on any atom is -0.309 e. The molecule has 1 saturated heterocycles. The number of nitrogens with zero attached hydrogens (tertiary/aromatic N) is 1. The van der Waals surface area contributed by atoms with Crippen molar-refractivity contribution in [3.8, 4) is 0 Å². The van der Waals surface area contributed by atoms with E-state index in [2.05, 4.69) is 41.2 Å². The van der Waals surface area contributed by atoms with E-state index < -0.39 is 0 Å². The number of rotatable bonds is 1. The van der Waals surface area contributed by atoms with Crippen molar-refractivity contribution in [2.45, 2.75) is 39.3 Å². The molecule has 1 heterocycles. The standard InChI is InChI=1S/C14H19BrN2O/c1-9-7-11(5-6-12(9)15)17-8-14(3,4)16-10(2)13(17)18/h5-7,10,16H,8H2,1-4H3. The Kier molecular flexibility index (Phi) is 3.52. The van der Waals surface area contributed by atoms with E-state index in [-0.39, 0.29) is 17.5 Å². The van der Waals surface area contributed by atoms with Gasteiger partial charge in [0.05, 0.1) is 6.04 Å². The number of benzene rings is 1. The number of nitrogens with one attached hydrogen (secondary N) is 1. The fourth-order valence-corrected chi connectivity index (χ4v) is 2.66. The minimum absolute atomic E-state index is 0.0612. The Balaban J connectivity index is 2.35. The van der Waals surface area contributed by atoms with Crippen molar-refractivity contribution < 1.29 is 4.79 Å². The first-order valence-electron chi connectivity index (χ1n) is 6.15. The molecule has 4 heteroatoms. The maximum absolute atomic E-state index is 12.3. The molecule has 1 aromatic carbocycles. The van der Waals surface area contributed by atoms with Crippen LogP contribution in [0.4, 0.5) is 5.69 Å². The van der Waals surface area contributed by atoms with Gasteiger partial charge in [0.25, 0.3) is 0 Å². The summed E-state index contributed by atoms with van der Waals surface area (Å²) in [6.07, 6.45) is 0. The van der Waals surface area contributed by atoms with Crippen molar-refractivity contribution in [2.24, 2.45) is 0 Å². The van der Waals surface area contributed by atoms with Gasteiger partial charge in [-0.05, 0) is 51.5 Å². The fraction of sp³-hybridized carbons (Fsp3) is 0.500. The zero-order valence-electron chi connectivity index (χ0n) is 11.2. The fourth-order valence-electron chi connectivity index (χ4n) is 2.42. The number of hydrogen-bond donors (Lipinski definition) is 1. The van der Waals surface area contributed by atoms with Gasteiger partial charge in [-0.2, -0.15) is 0 Å². The van der Waals surface area contributed by atoms with E-state index in [9.17, 15) is 4.79 Å². The van der Waals surface area contributed by atoms with Gasteiger partial charge in [-0.1, -0.05) is 15.9 Å². The summed E-state index contributed by atoms with van der Waals surface area (Å²) in [5, 5.41) is 3.33. The number of piperazine rings is 1. The molecule has 1 amide bonds. The Morgan fingerprint density at radius 1 is 1.44 bits per heavy atom. The van der Waals surface area contributed by atoms with Crippen LogP contribution in [0, 0.1) is 6.92 Å². The second-order valence-electron chi connectivity index (χ2n) is 5.61. The number of hydrogen-bond acceptors (Lipinski definition) is 2. The number of aryl methyl sites for hydroxylation is 1. The van der Waals surface area contributed by atoms with Crippen LogP contribution >= 0.6 is 15.9 Å². The minimum atomic E-state index is -0.141. The predicted molar refractivity (Wildman–Crippen MR) is 77.9 cm³/mol. The van der Waals surface area contributed by atoms with Crippen LogP contribution in [0.25, 0.3) is 0 Å². The lowest BCUT2D eigenvalue weighted by Gasteiger charge is -2.42. The van der Waals surface area contributed by atoms with Gasteiger partial charge >= 0.3 is 0 Å². The maximum Gasteiger partial charge on any atom is 0.243 e. The molecule has 1 N–H and O–H groups in total. The number of halogens is 1. The van der Waals surface area contributed by atoms with Crippen LogP contribution in [0.15, 0.2) is 22.7 Å². The van der Waals surface area contributed by atoms with E-state index in [0.717, 1.165) is 15.7 Å². The molecule has 3 nitrogen and oxygen atoms in total. The van der Waals surface area contributed by atoms with E-state index in [1.807, 2.05) is 30.9 Å². The first kappa shape index (κ1) is 13.6. The molecule has 0 spiro atoms. The summed E-state index contributed by atoms with van der Waals surface area (Å²) in [7, 11) is 0. The van der Waals surface area contributed by atoms with E-state index in [1.54, 1.807) is 0 Å². The second kappa shape index (κ2) is 4.67. The predicted octanol–water partition coefficient (Wildman–Crippen LogP) is 2.86. The molecule has 1 atom stereocenters. The third-order valence-corrected chi connectivity index (χ3v) is 4.14. The average molecular weight is 311 g/mol. The summed E-state index contributed by atoms with van der Waals surface area (Å²) >= 11 is 3.49. The van der Waals surface area contributed by atoms with Crippen LogP contribution in [0.5, 0.6) is 0 Å². The summed E-state index contributed by atoms with van der Waals surface area (Å²) in [5.74, 6) is 0.135. The molecule has 0 bridgehead atoms. The van der Waals surface area contributed by atoms with Gasteiger partial charge in [-0.15, -0.1) is 0 Å². The molecule has 1 fully saturated rings. The number of amides is 1. The second-order valence-corrected chi connectivity index (χ2v) is 6.46. The van der Waals surface area contributed by atoms with Crippen LogP contribution in [0.1, 0.15) is 26.3 Å². The van der Waals surface area contributed by atoms with Crippen molar-refractivity contribution in [2.75, 3.05) is 11.4 Å².